The van der Waals surface area contributed by atoms with Gasteiger partial charge >= 0.3 is 0 Å². The van der Waals surface area contributed by atoms with Gasteiger partial charge in [-0.3, -0.25) is 0 Å². The van der Waals surface area contributed by atoms with E-state index in [0.29, 0.717) is 0 Å². The van der Waals surface area contributed by atoms with E-state index in [1.807, 2.05) is 6.08 Å². The summed E-state index contributed by atoms with van der Waals surface area (Å²) in [6.07, 6.45) is 13.8. The van der Waals surface area contributed by atoms with E-state index in [9.17, 15) is 0 Å². The van der Waals surface area contributed by atoms with E-state index < -0.39 is 0 Å². The SMILES string of the molecule is CC1=CCC=C2C=C=CC=CC2=C1C. The van der Waals surface area contributed by atoms with Crippen LogP contribution in [0, 0.1) is 0 Å². The van der Waals surface area contributed by atoms with Gasteiger partial charge in [-0.1, -0.05) is 29.9 Å². The van der Waals surface area contributed by atoms with Gasteiger partial charge in [-0.2, -0.15) is 0 Å². The molecule has 0 atom stereocenters. The van der Waals surface area contributed by atoms with Crippen molar-refractivity contribution in [1.82, 2.24) is 0 Å². The van der Waals surface area contributed by atoms with Gasteiger partial charge in [-0.15, -0.1) is 5.73 Å². The highest BCUT2D eigenvalue weighted by molar-refractivity contribution is 5.56. The second-order valence-corrected chi connectivity index (χ2v) is 3.66. The summed E-state index contributed by atoms with van der Waals surface area (Å²) >= 11 is 0. The van der Waals surface area contributed by atoms with Crippen molar-refractivity contribution in [3.05, 3.63) is 64.5 Å². The Morgan fingerprint density at radius 1 is 1.21 bits per heavy atom. The van der Waals surface area contributed by atoms with Crippen LogP contribution in [0.2, 0.25) is 0 Å². The maximum atomic E-state index is 3.15. The number of fused-ring (bicyclic) bond motifs is 1. The van der Waals surface area contributed by atoms with Crippen LogP contribution in [0.1, 0.15) is 20.3 Å². The van der Waals surface area contributed by atoms with E-state index in [1.54, 1.807) is 0 Å². The van der Waals surface area contributed by atoms with Gasteiger partial charge in [0, 0.05) is 0 Å². The van der Waals surface area contributed by atoms with Crippen LogP contribution in [0.3, 0.4) is 0 Å². The smallest absolute Gasteiger partial charge is 0.0124 e. The van der Waals surface area contributed by atoms with E-state index in [1.165, 1.54) is 22.3 Å². The quantitative estimate of drug-likeness (QED) is 0.499. The van der Waals surface area contributed by atoms with E-state index in [0.717, 1.165) is 6.42 Å². The number of rotatable bonds is 0. The molecule has 0 heteroatoms. The summed E-state index contributed by atoms with van der Waals surface area (Å²) in [6.45, 7) is 4.36. The molecule has 0 saturated carbocycles. The molecule has 2 rings (SSSR count). The molecule has 0 saturated heterocycles. The zero-order valence-corrected chi connectivity index (χ0v) is 8.67. The molecular formula is C14H14. The third-order valence-corrected chi connectivity index (χ3v) is 2.76. The molecule has 0 aromatic heterocycles. The van der Waals surface area contributed by atoms with Gasteiger partial charge in [-0.05, 0) is 49.1 Å². The van der Waals surface area contributed by atoms with Crippen molar-refractivity contribution in [2.75, 3.05) is 0 Å². The Balaban J connectivity index is 2.61. The van der Waals surface area contributed by atoms with Gasteiger partial charge in [-0.25, -0.2) is 0 Å². The van der Waals surface area contributed by atoms with Crippen LogP contribution >= 0.6 is 0 Å². The van der Waals surface area contributed by atoms with Crippen molar-refractivity contribution in [3.8, 4) is 0 Å². The summed E-state index contributed by atoms with van der Waals surface area (Å²) < 4.78 is 0. The molecule has 70 valence electrons. The van der Waals surface area contributed by atoms with Crippen molar-refractivity contribution < 1.29 is 0 Å². The first-order chi connectivity index (χ1) is 6.79. The Bertz CT molecular complexity index is 431. The summed E-state index contributed by atoms with van der Waals surface area (Å²) in [4.78, 5) is 0. The first kappa shape index (κ1) is 9.05. The van der Waals surface area contributed by atoms with Gasteiger partial charge in [0.2, 0.25) is 0 Å². The largest absolute Gasteiger partial charge is 0.120 e. The lowest BCUT2D eigenvalue weighted by Gasteiger charge is -2.06. The molecule has 0 amide bonds. The third kappa shape index (κ3) is 1.57. The molecule has 14 heavy (non-hydrogen) atoms. The summed E-state index contributed by atoms with van der Waals surface area (Å²) in [5.74, 6) is 0. The fourth-order valence-electron chi connectivity index (χ4n) is 1.75. The Hall–Kier alpha value is -1.52. The van der Waals surface area contributed by atoms with Crippen LogP contribution in [0.5, 0.6) is 0 Å². The van der Waals surface area contributed by atoms with Gasteiger partial charge in [0.25, 0.3) is 0 Å². The predicted molar refractivity (Wildman–Crippen MR) is 61.0 cm³/mol. The lowest BCUT2D eigenvalue weighted by Crippen LogP contribution is -1.88. The number of hydrogen-bond acceptors (Lipinski definition) is 0. The minimum atomic E-state index is 1.02. The normalized spacial score (nSPS) is 19.9. The zero-order chi connectivity index (χ0) is 9.97. The molecule has 0 aromatic carbocycles. The monoisotopic (exact) mass is 182 g/mol. The molecule has 0 spiro atoms. The highest BCUT2D eigenvalue weighted by Gasteiger charge is 2.08. The molecular weight excluding hydrogens is 168 g/mol. The minimum absolute atomic E-state index is 1.02. The van der Waals surface area contributed by atoms with E-state index >= 15 is 0 Å². The standard InChI is InChI=1S/C14H14/c1-11-7-6-9-13-8-4-3-5-10-14(13)12(11)2/h3,5,7-10H,6H2,1-2H3. The summed E-state index contributed by atoms with van der Waals surface area (Å²) in [6, 6.07) is 0. The van der Waals surface area contributed by atoms with Crippen LogP contribution in [-0.4, -0.2) is 0 Å². The predicted octanol–water partition coefficient (Wildman–Crippen LogP) is 3.86. The highest BCUT2D eigenvalue weighted by Crippen LogP contribution is 2.27. The first-order valence-corrected chi connectivity index (χ1v) is 4.97. The first-order valence-electron chi connectivity index (χ1n) is 4.97. The fraction of sp³-hybridized carbons (Fsp3) is 0.214. The third-order valence-electron chi connectivity index (χ3n) is 2.76. The Kier molecular flexibility index (Phi) is 2.39. The molecule has 0 heterocycles. The van der Waals surface area contributed by atoms with E-state index in [-0.39, 0.29) is 0 Å². The molecule has 0 N–H and O–H groups in total. The van der Waals surface area contributed by atoms with Crippen molar-refractivity contribution in [1.29, 1.82) is 0 Å². The van der Waals surface area contributed by atoms with Crippen molar-refractivity contribution in [3.63, 3.8) is 0 Å². The van der Waals surface area contributed by atoms with Crippen LogP contribution in [-0.2, 0) is 0 Å². The lowest BCUT2D eigenvalue weighted by atomic mass is 9.98. The van der Waals surface area contributed by atoms with Gasteiger partial charge in [0.15, 0.2) is 0 Å². The summed E-state index contributed by atoms with van der Waals surface area (Å²) in [7, 11) is 0. The minimum Gasteiger partial charge on any atom is -0.120 e. The molecule has 0 radical (unpaired) electrons. The number of allylic oxidation sites excluding steroid dienone is 9. The van der Waals surface area contributed by atoms with E-state index in [4.69, 9.17) is 0 Å². The molecule has 0 nitrogen and oxygen atoms in total. The van der Waals surface area contributed by atoms with E-state index in [2.05, 4.69) is 50.0 Å². The molecule has 0 unspecified atom stereocenters. The molecule has 0 aliphatic heterocycles. The number of hydrogen-bond donors (Lipinski definition) is 0. The van der Waals surface area contributed by atoms with Gasteiger partial charge < -0.3 is 0 Å². The van der Waals surface area contributed by atoms with Crippen LogP contribution in [0.4, 0.5) is 0 Å². The van der Waals surface area contributed by atoms with Gasteiger partial charge in [0.1, 0.15) is 0 Å². The van der Waals surface area contributed by atoms with Crippen molar-refractivity contribution in [2.45, 2.75) is 20.3 Å². The van der Waals surface area contributed by atoms with Crippen molar-refractivity contribution >= 4 is 0 Å². The molecule has 2 aliphatic carbocycles. The van der Waals surface area contributed by atoms with Crippen LogP contribution in [0.15, 0.2) is 64.5 Å². The average molecular weight is 182 g/mol. The van der Waals surface area contributed by atoms with Gasteiger partial charge in [0.05, 0.1) is 0 Å². The Labute approximate surface area is 85.3 Å². The molecule has 0 bridgehead atoms. The highest BCUT2D eigenvalue weighted by atomic mass is 14.1. The molecule has 2 aliphatic rings. The average Bonchev–Trinajstić information content (AvgIpc) is 2.46. The fourth-order valence-corrected chi connectivity index (χ4v) is 1.75. The lowest BCUT2D eigenvalue weighted by molar-refractivity contribution is 1.28. The maximum absolute atomic E-state index is 3.15. The van der Waals surface area contributed by atoms with Crippen LogP contribution in [0.25, 0.3) is 0 Å². The summed E-state index contributed by atoms with van der Waals surface area (Å²) in [5, 5.41) is 0. The topological polar surface area (TPSA) is 0 Å². The molecule has 0 fully saturated rings. The van der Waals surface area contributed by atoms with Crippen molar-refractivity contribution in [2.24, 2.45) is 0 Å². The second-order valence-electron chi connectivity index (χ2n) is 3.66. The molecule has 0 aromatic rings. The maximum Gasteiger partial charge on any atom is -0.0124 e. The van der Waals surface area contributed by atoms with Crippen LogP contribution < -0.4 is 0 Å². The summed E-state index contributed by atoms with van der Waals surface area (Å²) in [5.41, 5.74) is 8.52. The second kappa shape index (κ2) is 3.69. The Morgan fingerprint density at radius 3 is 2.93 bits per heavy atom. The zero-order valence-electron chi connectivity index (χ0n) is 8.67. The Morgan fingerprint density at radius 2 is 2.07 bits per heavy atom.